The minimum atomic E-state index is -0.0639. The number of aromatic nitrogens is 2. The summed E-state index contributed by atoms with van der Waals surface area (Å²) in [6.45, 7) is 0.798. The fourth-order valence-corrected chi connectivity index (χ4v) is 4.49. The van der Waals surface area contributed by atoms with E-state index in [1.807, 2.05) is 36.0 Å². The standard InChI is InChI=1S/C20H23ClN4O2/c1-24-11-14-8-16(7-13(14)9-19(24)26)25(2)20(27)18-10-17(22-23-18)12-3-5-15(21)6-4-12/h3-6,10,13-14,16H,7-9,11H2,1-2H3,(H,22,23)/t13-,14+,16-/m1/s1. The fraction of sp³-hybridized carbons (Fsp3) is 0.450. The van der Waals surface area contributed by atoms with Crippen molar-refractivity contribution >= 4 is 23.4 Å². The third kappa shape index (κ3) is 3.46. The van der Waals surface area contributed by atoms with Gasteiger partial charge in [0.25, 0.3) is 5.91 Å². The van der Waals surface area contributed by atoms with Crippen LogP contribution in [-0.2, 0) is 4.79 Å². The molecule has 1 aliphatic carbocycles. The Hall–Kier alpha value is -2.34. The van der Waals surface area contributed by atoms with Crippen molar-refractivity contribution < 1.29 is 9.59 Å². The summed E-state index contributed by atoms with van der Waals surface area (Å²) in [7, 11) is 3.71. The molecule has 2 fully saturated rings. The van der Waals surface area contributed by atoms with Gasteiger partial charge in [-0.25, -0.2) is 0 Å². The van der Waals surface area contributed by atoms with Crippen molar-refractivity contribution in [3.8, 4) is 11.3 Å². The molecule has 1 saturated carbocycles. The predicted molar refractivity (Wildman–Crippen MR) is 103 cm³/mol. The van der Waals surface area contributed by atoms with Crippen LogP contribution in [0.3, 0.4) is 0 Å². The van der Waals surface area contributed by atoms with Gasteiger partial charge in [-0.05, 0) is 42.9 Å². The van der Waals surface area contributed by atoms with Crippen LogP contribution in [0.1, 0.15) is 29.8 Å². The Morgan fingerprint density at radius 2 is 1.96 bits per heavy atom. The lowest BCUT2D eigenvalue weighted by Crippen LogP contribution is -2.40. The molecule has 1 N–H and O–H groups in total. The average molecular weight is 387 g/mol. The maximum atomic E-state index is 12.9. The van der Waals surface area contributed by atoms with Crippen molar-refractivity contribution in [2.45, 2.75) is 25.3 Å². The first-order valence-corrected chi connectivity index (χ1v) is 9.62. The molecule has 0 bridgehead atoms. The number of hydrogen-bond acceptors (Lipinski definition) is 3. The zero-order valence-electron chi connectivity index (χ0n) is 15.5. The molecule has 2 aliphatic rings. The maximum absolute atomic E-state index is 12.9. The van der Waals surface area contributed by atoms with Gasteiger partial charge in [0.15, 0.2) is 0 Å². The van der Waals surface area contributed by atoms with E-state index in [4.69, 9.17) is 11.6 Å². The number of nitrogens with zero attached hydrogens (tertiary/aromatic N) is 3. The van der Waals surface area contributed by atoms with Crippen molar-refractivity contribution in [3.63, 3.8) is 0 Å². The van der Waals surface area contributed by atoms with E-state index >= 15 is 0 Å². The third-order valence-electron chi connectivity index (χ3n) is 6.00. The minimum Gasteiger partial charge on any atom is -0.345 e. The molecular formula is C20H23ClN4O2. The number of likely N-dealkylation sites (tertiary alicyclic amines) is 1. The molecule has 1 aromatic heterocycles. The van der Waals surface area contributed by atoms with Crippen LogP contribution in [-0.4, -0.2) is 58.5 Å². The molecule has 142 valence electrons. The highest BCUT2D eigenvalue weighted by atomic mass is 35.5. The van der Waals surface area contributed by atoms with Gasteiger partial charge in [0.05, 0.1) is 5.69 Å². The van der Waals surface area contributed by atoms with Crippen LogP contribution in [0.25, 0.3) is 11.3 Å². The Morgan fingerprint density at radius 1 is 1.26 bits per heavy atom. The molecule has 3 atom stereocenters. The predicted octanol–water partition coefficient (Wildman–Crippen LogP) is 3.06. The highest BCUT2D eigenvalue weighted by Crippen LogP contribution is 2.40. The third-order valence-corrected chi connectivity index (χ3v) is 6.26. The lowest BCUT2D eigenvalue weighted by atomic mass is 9.88. The lowest BCUT2D eigenvalue weighted by Gasteiger charge is -2.31. The molecule has 0 radical (unpaired) electrons. The van der Waals surface area contributed by atoms with Crippen molar-refractivity contribution in [1.82, 2.24) is 20.0 Å². The number of benzene rings is 1. The summed E-state index contributed by atoms with van der Waals surface area (Å²) < 4.78 is 0. The van der Waals surface area contributed by atoms with Gasteiger partial charge >= 0.3 is 0 Å². The van der Waals surface area contributed by atoms with Crippen molar-refractivity contribution in [3.05, 3.63) is 41.0 Å². The van der Waals surface area contributed by atoms with Gasteiger partial charge in [0.2, 0.25) is 5.91 Å². The molecular weight excluding hydrogens is 364 g/mol. The molecule has 1 aromatic carbocycles. The molecule has 2 amide bonds. The Morgan fingerprint density at radius 3 is 2.70 bits per heavy atom. The summed E-state index contributed by atoms with van der Waals surface area (Å²) >= 11 is 5.93. The van der Waals surface area contributed by atoms with E-state index < -0.39 is 0 Å². The van der Waals surface area contributed by atoms with E-state index in [1.54, 1.807) is 18.2 Å². The zero-order valence-corrected chi connectivity index (χ0v) is 16.2. The topological polar surface area (TPSA) is 69.3 Å². The Labute approximate surface area is 163 Å². The summed E-state index contributed by atoms with van der Waals surface area (Å²) in [5.41, 5.74) is 2.10. The molecule has 0 unspecified atom stereocenters. The van der Waals surface area contributed by atoms with E-state index in [-0.39, 0.29) is 17.9 Å². The van der Waals surface area contributed by atoms with Crippen molar-refractivity contribution in [2.75, 3.05) is 20.6 Å². The number of amides is 2. The van der Waals surface area contributed by atoms with Crippen molar-refractivity contribution in [1.29, 1.82) is 0 Å². The maximum Gasteiger partial charge on any atom is 0.271 e. The van der Waals surface area contributed by atoms with Gasteiger partial charge in [-0.15, -0.1) is 0 Å². The largest absolute Gasteiger partial charge is 0.345 e. The van der Waals surface area contributed by atoms with E-state index in [2.05, 4.69) is 10.2 Å². The Bertz CT molecular complexity index is 863. The highest BCUT2D eigenvalue weighted by Gasteiger charge is 2.42. The van der Waals surface area contributed by atoms with Crippen LogP contribution in [0.5, 0.6) is 0 Å². The summed E-state index contributed by atoms with van der Waals surface area (Å²) in [6, 6.07) is 9.31. The highest BCUT2D eigenvalue weighted by molar-refractivity contribution is 6.30. The zero-order chi connectivity index (χ0) is 19.1. The smallest absolute Gasteiger partial charge is 0.271 e. The second-order valence-electron chi connectivity index (χ2n) is 7.71. The molecule has 4 rings (SSSR count). The number of fused-ring (bicyclic) bond motifs is 1. The lowest BCUT2D eigenvalue weighted by molar-refractivity contribution is -0.134. The first-order valence-electron chi connectivity index (χ1n) is 9.25. The Balaban J connectivity index is 1.45. The fourth-order valence-electron chi connectivity index (χ4n) is 4.36. The van der Waals surface area contributed by atoms with Gasteiger partial charge in [-0.2, -0.15) is 5.10 Å². The number of nitrogens with one attached hydrogen (secondary N) is 1. The average Bonchev–Trinajstić information content (AvgIpc) is 3.29. The Kier molecular flexibility index (Phi) is 4.68. The van der Waals surface area contributed by atoms with Gasteiger partial charge in [-0.3, -0.25) is 14.7 Å². The monoisotopic (exact) mass is 386 g/mol. The second-order valence-corrected chi connectivity index (χ2v) is 8.15. The molecule has 1 saturated heterocycles. The van der Waals surface area contributed by atoms with Gasteiger partial charge < -0.3 is 9.80 Å². The van der Waals surface area contributed by atoms with Crippen LogP contribution < -0.4 is 0 Å². The normalized spacial score (nSPS) is 24.8. The quantitative estimate of drug-likeness (QED) is 0.881. The molecule has 0 spiro atoms. The number of carbonyl (C=O) groups excluding carboxylic acids is 2. The summed E-state index contributed by atoms with van der Waals surface area (Å²) in [5, 5.41) is 7.80. The van der Waals surface area contributed by atoms with Crippen molar-refractivity contribution in [2.24, 2.45) is 11.8 Å². The van der Waals surface area contributed by atoms with Gasteiger partial charge in [0.1, 0.15) is 5.69 Å². The van der Waals surface area contributed by atoms with Gasteiger partial charge in [0, 0.05) is 43.7 Å². The molecule has 6 nitrogen and oxygen atoms in total. The number of aromatic amines is 1. The van der Waals surface area contributed by atoms with E-state index in [1.165, 1.54) is 0 Å². The number of halogens is 1. The molecule has 1 aliphatic heterocycles. The molecule has 2 aromatic rings. The van der Waals surface area contributed by atoms with Crippen LogP contribution >= 0.6 is 11.6 Å². The van der Waals surface area contributed by atoms with Gasteiger partial charge in [-0.1, -0.05) is 23.7 Å². The molecule has 7 heteroatoms. The molecule has 2 heterocycles. The first-order chi connectivity index (χ1) is 12.9. The number of piperidine rings is 1. The van der Waals surface area contributed by atoms with Crippen LogP contribution in [0.4, 0.5) is 0 Å². The second kappa shape index (κ2) is 7.00. The van der Waals surface area contributed by atoms with E-state index in [0.717, 1.165) is 30.6 Å². The van der Waals surface area contributed by atoms with Crippen LogP contribution in [0.15, 0.2) is 30.3 Å². The first kappa shape index (κ1) is 18.0. The molecule has 27 heavy (non-hydrogen) atoms. The number of hydrogen-bond donors (Lipinski definition) is 1. The number of H-pyrrole nitrogens is 1. The van der Waals surface area contributed by atoms with Crippen LogP contribution in [0, 0.1) is 11.8 Å². The van der Waals surface area contributed by atoms with Crippen LogP contribution in [0.2, 0.25) is 5.02 Å². The summed E-state index contributed by atoms with van der Waals surface area (Å²) in [5.74, 6) is 1.03. The summed E-state index contributed by atoms with van der Waals surface area (Å²) in [4.78, 5) is 28.5. The number of carbonyl (C=O) groups is 2. The SMILES string of the molecule is CN1C[C@@H]2C[C@H](N(C)C(=O)c3cc(-c4ccc(Cl)cc4)n[nH]3)C[C@@H]2CC1=O. The minimum absolute atomic E-state index is 0.0639. The van der Waals surface area contributed by atoms with E-state index in [0.29, 0.717) is 29.0 Å². The van der Waals surface area contributed by atoms with E-state index in [9.17, 15) is 9.59 Å². The number of rotatable bonds is 3. The summed E-state index contributed by atoms with van der Waals surface area (Å²) in [6.07, 6.45) is 2.44.